The average Bonchev–Trinajstić information content (AvgIpc) is 2.42. The van der Waals surface area contributed by atoms with E-state index in [1.54, 1.807) is 0 Å². The van der Waals surface area contributed by atoms with Crippen molar-refractivity contribution in [2.75, 3.05) is 0 Å². The Hall–Kier alpha value is -2.40. The molecule has 0 aromatic carbocycles. The van der Waals surface area contributed by atoms with Crippen molar-refractivity contribution in [2.24, 2.45) is 0 Å². The summed E-state index contributed by atoms with van der Waals surface area (Å²) in [6.07, 6.45) is 3.35. The molecule has 0 bridgehead atoms. The Balaban J connectivity index is -0.0000000580. The number of rotatable bonds is 6. The van der Waals surface area contributed by atoms with Gasteiger partial charge in [0.05, 0.1) is 0 Å². The third kappa shape index (κ3) is 69.4. The molecule has 0 aliphatic heterocycles. The fourth-order valence-corrected chi connectivity index (χ4v) is 0.428. The molecule has 0 atom stereocenters. The molecule has 0 heterocycles. The van der Waals surface area contributed by atoms with Gasteiger partial charge in [0.15, 0.2) is 0 Å². The quantitative estimate of drug-likeness (QED) is 0.187. The standard InChI is InChI=1S/3C4H4O4.3Fe/c3*5-3(6)1-2-4(7)8;;;/h3*1-2H,(H,5,6)(H,7,8);;;/b3*2-1+;;;. The van der Waals surface area contributed by atoms with Crippen LogP contribution in [0.2, 0.25) is 0 Å². The van der Waals surface area contributed by atoms with Crippen molar-refractivity contribution in [3.05, 3.63) is 36.5 Å². The van der Waals surface area contributed by atoms with Gasteiger partial charge in [-0.2, -0.15) is 0 Å². The second kappa shape index (κ2) is 25.8. The molecule has 0 aromatic heterocycles. The van der Waals surface area contributed by atoms with Gasteiger partial charge in [-0.1, -0.05) is 0 Å². The van der Waals surface area contributed by atoms with Gasteiger partial charge in [-0.3, -0.25) is 0 Å². The summed E-state index contributed by atoms with van der Waals surface area (Å²) in [6, 6.07) is 0. The van der Waals surface area contributed by atoms with Gasteiger partial charge in [-0.05, 0) is 0 Å². The molecular weight excluding hydrogens is 504 g/mol. The Kier molecular flexibility index (Phi) is 37.9. The molecule has 0 amide bonds. The summed E-state index contributed by atoms with van der Waals surface area (Å²) in [4.78, 5) is 57.3. The minimum absolute atomic E-state index is 0. The fraction of sp³-hybridized carbons (Fsp3) is 0. The van der Waals surface area contributed by atoms with Crippen LogP contribution in [-0.4, -0.2) is 66.5 Å². The predicted octanol–water partition coefficient (Wildman–Crippen LogP) is -0.872. The van der Waals surface area contributed by atoms with Crippen LogP contribution in [0.15, 0.2) is 36.5 Å². The van der Waals surface area contributed by atoms with Crippen LogP contribution in [0.25, 0.3) is 0 Å². The third-order valence-electron chi connectivity index (χ3n) is 1.11. The molecule has 27 heavy (non-hydrogen) atoms. The van der Waals surface area contributed by atoms with E-state index < -0.39 is 35.8 Å². The van der Waals surface area contributed by atoms with E-state index in [4.69, 9.17) is 30.6 Å². The minimum Gasteiger partial charge on any atom is -0.478 e. The molecular formula is C12H12Fe3O12. The molecule has 0 rings (SSSR count). The van der Waals surface area contributed by atoms with E-state index in [0.29, 0.717) is 36.5 Å². The number of hydrogen-bond donors (Lipinski definition) is 6. The Labute approximate surface area is 182 Å². The van der Waals surface area contributed by atoms with Crippen LogP contribution in [0.1, 0.15) is 0 Å². The molecule has 0 unspecified atom stereocenters. The summed E-state index contributed by atoms with van der Waals surface area (Å²) in [6.45, 7) is 0. The Morgan fingerprint density at radius 3 is 0.444 bits per heavy atom. The zero-order valence-electron chi connectivity index (χ0n) is 12.7. The van der Waals surface area contributed by atoms with Crippen molar-refractivity contribution >= 4 is 35.8 Å². The molecule has 12 nitrogen and oxygen atoms in total. The van der Waals surface area contributed by atoms with E-state index in [0.717, 1.165) is 0 Å². The van der Waals surface area contributed by atoms with Crippen molar-refractivity contribution in [2.45, 2.75) is 0 Å². The van der Waals surface area contributed by atoms with Gasteiger partial charge in [-0.25, -0.2) is 28.8 Å². The second-order valence-corrected chi connectivity index (χ2v) is 3.03. The van der Waals surface area contributed by atoms with Gasteiger partial charge in [-0.15, -0.1) is 0 Å². The number of carbonyl (C=O) groups is 6. The van der Waals surface area contributed by atoms with Gasteiger partial charge in [0.25, 0.3) is 0 Å². The molecule has 0 aromatic rings. The van der Waals surface area contributed by atoms with Gasteiger partial charge in [0.2, 0.25) is 0 Å². The second-order valence-electron chi connectivity index (χ2n) is 3.03. The number of carboxylic acids is 6. The Morgan fingerprint density at radius 2 is 0.407 bits per heavy atom. The number of aliphatic carboxylic acids is 6. The SMILES string of the molecule is O=C(O)/C=C/C(=O)O.O=C(O)/C=C/C(=O)O.O=C(O)/C=C/C(=O)O.[Fe].[Fe].[Fe]. The van der Waals surface area contributed by atoms with Crippen LogP contribution in [-0.2, 0) is 80.0 Å². The summed E-state index contributed by atoms with van der Waals surface area (Å²) in [5.41, 5.74) is 0. The molecule has 0 spiro atoms. The van der Waals surface area contributed by atoms with E-state index in [2.05, 4.69) is 0 Å². The summed E-state index contributed by atoms with van der Waals surface area (Å²) in [7, 11) is 0. The summed E-state index contributed by atoms with van der Waals surface area (Å²) in [5, 5.41) is 46.9. The van der Waals surface area contributed by atoms with Gasteiger partial charge in [0.1, 0.15) is 0 Å². The molecule has 15 heteroatoms. The number of carboxylic acid groups (broad SMARTS) is 6. The molecule has 0 aliphatic carbocycles. The average molecular weight is 516 g/mol. The van der Waals surface area contributed by atoms with Gasteiger partial charge < -0.3 is 30.6 Å². The van der Waals surface area contributed by atoms with Crippen LogP contribution in [0.4, 0.5) is 0 Å². The third-order valence-corrected chi connectivity index (χ3v) is 1.11. The van der Waals surface area contributed by atoms with Gasteiger partial charge >= 0.3 is 35.8 Å². The van der Waals surface area contributed by atoms with Crippen LogP contribution in [0.3, 0.4) is 0 Å². The maximum atomic E-state index is 9.55. The Morgan fingerprint density at radius 1 is 0.333 bits per heavy atom. The molecule has 0 fully saturated rings. The van der Waals surface area contributed by atoms with Crippen LogP contribution in [0.5, 0.6) is 0 Å². The maximum Gasteiger partial charge on any atom is 0.328 e. The first-order chi connectivity index (χ1) is 10.9. The fourth-order valence-electron chi connectivity index (χ4n) is 0.428. The van der Waals surface area contributed by atoms with Crippen molar-refractivity contribution in [3.63, 3.8) is 0 Å². The molecule has 0 radical (unpaired) electrons. The normalized spacial score (nSPS) is 8.44. The minimum atomic E-state index is -1.26. The molecule has 0 aliphatic rings. The zero-order valence-corrected chi connectivity index (χ0v) is 16.0. The molecule has 0 saturated carbocycles. The van der Waals surface area contributed by atoms with Crippen molar-refractivity contribution < 1.29 is 111 Å². The van der Waals surface area contributed by atoms with E-state index in [-0.39, 0.29) is 51.2 Å². The van der Waals surface area contributed by atoms with Gasteiger partial charge in [0, 0.05) is 87.7 Å². The van der Waals surface area contributed by atoms with Crippen molar-refractivity contribution in [1.29, 1.82) is 0 Å². The first-order valence-corrected chi connectivity index (χ1v) is 5.30. The topological polar surface area (TPSA) is 224 Å². The first-order valence-electron chi connectivity index (χ1n) is 5.30. The molecule has 6 N–H and O–H groups in total. The largest absolute Gasteiger partial charge is 0.478 e. The summed E-state index contributed by atoms with van der Waals surface area (Å²) >= 11 is 0. The summed E-state index contributed by atoms with van der Waals surface area (Å²) < 4.78 is 0. The predicted molar refractivity (Wildman–Crippen MR) is 73.2 cm³/mol. The molecule has 156 valence electrons. The van der Waals surface area contributed by atoms with Crippen LogP contribution < -0.4 is 0 Å². The number of hydrogen-bond acceptors (Lipinski definition) is 6. The maximum absolute atomic E-state index is 9.55. The first kappa shape index (κ1) is 39.6. The van der Waals surface area contributed by atoms with E-state index in [1.807, 2.05) is 0 Å². The Bertz CT molecular complexity index is 451. The smallest absolute Gasteiger partial charge is 0.328 e. The summed E-state index contributed by atoms with van der Waals surface area (Å²) in [5.74, 6) is -7.54. The van der Waals surface area contributed by atoms with E-state index in [9.17, 15) is 28.8 Å². The van der Waals surface area contributed by atoms with Crippen LogP contribution >= 0.6 is 0 Å². The zero-order chi connectivity index (χ0) is 19.7. The van der Waals surface area contributed by atoms with Crippen LogP contribution in [0, 0.1) is 0 Å². The van der Waals surface area contributed by atoms with E-state index >= 15 is 0 Å². The molecule has 0 saturated heterocycles. The van der Waals surface area contributed by atoms with Crippen molar-refractivity contribution in [1.82, 2.24) is 0 Å². The van der Waals surface area contributed by atoms with E-state index in [1.165, 1.54) is 0 Å². The monoisotopic (exact) mass is 516 g/mol. The van der Waals surface area contributed by atoms with Crippen molar-refractivity contribution in [3.8, 4) is 0 Å².